The van der Waals surface area contributed by atoms with Gasteiger partial charge in [-0.3, -0.25) is 0 Å². The maximum absolute atomic E-state index is 13.2. The molecule has 1 aliphatic heterocycles. The molecule has 0 bridgehead atoms. The van der Waals surface area contributed by atoms with Gasteiger partial charge in [0.1, 0.15) is 0 Å². The summed E-state index contributed by atoms with van der Waals surface area (Å²) in [5.74, 6) is -1.12. The van der Waals surface area contributed by atoms with E-state index in [0.29, 0.717) is 12.8 Å². The molecular formula is C21H21NO5Se. The van der Waals surface area contributed by atoms with E-state index in [4.69, 9.17) is 9.47 Å². The molecule has 1 saturated heterocycles. The molecule has 0 N–H and O–H groups in total. The second-order valence-corrected chi connectivity index (χ2v) is 9.21. The second kappa shape index (κ2) is 9.04. The van der Waals surface area contributed by atoms with Crippen molar-refractivity contribution in [1.82, 2.24) is 4.90 Å². The number of nitrogens with zero attached hydrogens (tertiary/aromatic N) is 1. The molecule has 3 rings (SSSR count). The van der Waals surface area contributed by atoms with Crippen LogP contribution in [0.4, 0.5) is 4.79 Å². The van der Waals surface area contributed by atoms with Crippen molar-refractivity contribution in [1.29, 1.82) is 0 Å². The summed E-state index contributed by atoms with van der Waals surface area (Å²) in [6.45, 7) is 0.321. The molecular weight excluding hydrogens is 425 g/mol. The number of ether oxygens (including phenoxy) is 2. The Bertz CT molecular complexity index is 842. The number of benzene rings is 2. The van der Waals surface area contributed by atoms with Gasteiger partial charge in [0.25, 0.3) is 0 Å². The first kappa shape index (κ1) is 20.1. The summed E-state index contributed by atoms with van der Waals surface area (Å²) in [5.41, 5.74) is 0.839. The quantitative estimate of drug-likeness (QED) is 0.401. The van der Waals surface area contributed by atoms with E-state index in [-0.39, 0.29) is 13.2 Å². The van der Waals surface area contributed by atoms with Crippen molar-refractivity contribution < 1.29 is 23.9 Å². The van der Waals surface area contributed by atoms with E-state index in [0.717, 1.165) is 14.9 Å². The number of hydrogen-bond donors (Lipinski definition) is 0. The summed E-state index contributed by atoms with van der Waals surface area (Å²) in [6.07, 6.45) is 0.131. The minimum atomic E-state index is -1.38. The van der Waals surface area contributed by atoms with Crippen molar-refractivity contribution in [2.45, 2.75) is 23.8 Å². The van der Waals surface area contributed by atoms with Crippen molar-refractivity contribution in [2.24, 2.45) is 0 Å². The molecule has 146 valence electrons. The zero-order valence-corrected chi connectivity index (χ0v) is 17.2. The van der Waals surface area contributed by atoms with E-state index in [1.807, 2.05) is 60.7 Å². The Morgan fingerprint density at radius 3 is 2.36 bits per heavy atom. The van der Waals surface area contributed by atoms with Gasteiger partial charge in [-0.1, -0.05) is 0 Å². The van der Waals surface area contributed by atoms with Crippen LogP contribution in [0.15, 0.2) is 60.7 Å². The Balaban J connectivity index is 1.88. The number of hydrogen-bond acceptors (Lipinski definition) is 5. The van der Waals surface area contributed by atoms with Gasteiger partial charge in [0.15, 0.2) is 0 Å². The number of amides is 2. The average molecular weight is 446 g/mol. The number of rotatable bonds is 5. The van der Waals surface area contributed by atoms with Crippen LogP contribution in [0.3, 0.4) is 0 Å². The average Bonchev–Trinajstić information content (AvgIpc) is 2.74. The van der Waals surface area contributed by atoms with Crippen LogP contribution in [-0.2, 0) is 25.7 Å². The number of methoxy groups -OCH3 is 1. The number of imide groups is 1. The monoisotopic (exact) mass is 447 g/mol. The van der Waals surface area contributed by atoms with E-state index in [1.54, 1.807) is 0 Å². The fraction of sp³-hybridized carbons (Fsp3) is 0.286. The fourth-order valence-electron chi connectivity index (χ4n) is 3.05. The normalized spacial score (nSPS) is 19.2. The van der Waals surface area contributed by atoms with Crippen LogP contribution in [0, 0.1) is 0 Å². The van der Waals surface area contributed by atoms with E-state index < -0.39 is 37.2 Å². The number of likely N-dealkylation sites (tertiary alicyclic amines) is 1. The molecule has 1 heterocycles. The minimum absolute atomic E-state index is 0.0811. The van der Waals surface area contributed by atoms with Crippen LogP contribution in [0.5, 0.6) is 0 Å². The predicted molar refractivity (Wildman–Crippen MR) is 104 cm³/mol. The molecule has 1 fully saturated rings. The Kier molecular flexibility index (Phi) is 6.49. The molecule has 1 unspecified atom stereocenters. The van der Waals surface area contributed by atoms with Crippen LogP contribution in [-0.4, -0.2) is 51.5 Å². The van der Waals surface area contributed by atoms with Crippen molar-refractivity contribution in [3.8, 4) is 0 Å². The first-order valence-corrected chi connectivity index (χ1v) is 10.6. The van der Waals surface area contributed by atoms with Gasteiger partial charge in [-0.25, -0.2) is 0 Å². The van der Waals surface area contributed by atoms with Crippen molar-refractivity contribution in [3.63, 3.8) is 0 Å². The van der Waals surface area contributed by atoms with Gasteiger partial charge in [-0.15, -0.1) is 0 Å². The van der Waals surface area contributed by atoms with E-state index in [2.05, 4.69) is 0 Å². The Morgan fingerprint density at radius 2 is 1.71 bits per heavy atom. The number of carbonyl (C=O) groups is 3. The first-order valence-electron chi connectivity index (χ1n) is 8.92. The molecule has 28 heavy (non-hydrogen) atoms. The molecule has 6 nitrogen and oxygen atoms in total. The van der Waals surface area contributed by atoms with Crippen LogP contribution < -0.4 is 4.46 Å². The molecule has 2 aromatic carbocycles. The van der Waals surface area contributed by atoms with Crippen molar-refractivity contribution >= 4 is 37.4 Å². The van der Waals surface area contributed by atoms with Gasteiger partial charge in [-0.2, -0.15) is 0 Å². The van der Waals surface area contributed by atoms with Crippen LogP contribution in [0.25, 0.3) is 0 Å². The third kappa shape index (κ3) is 4.26. The molecule has 2 aromatic rings. The Morgan fingerprint density at radius 1 is 1.07 bits per heavy atom. The number of esters is 1. The summed E-state index contributed by atoms with van der Waals surface area (Å²) in [4.78, 5) is 39.5. The van der Waals surface area contributed by atoms with E-state index in [9.17, 15) is 14.4 Å². The summed E-state index contributed by atoms with van der Waals surface area (Å²) in [7, 11) is 1.22. The molecule has 7 heteroatoms. The topological polar surface area (TPSA) is 72.9 Å². The number of piperidine rings is 1. The van der Waals surface area contributed by atoms with Crippen LogP contribution in [0.1, 0.15) is 18.4 Å². The van der Waals surface area contributed by atoms with E-state index >= 15 is 0 Å². The third-order valence-corrected chi connectivity index (χ3v) is 7.41. The molecule has 2 amide bonds. The maximum atomic E-state index is 13.2. The summed E-state index contributed by atoms with van der Waals surface area (Å²) >= 11 is -0.536. The summed E-state index contributed by atoms with van der Waals surface area (Å²) < 4.78 is 9.80. The fourth-order valence-corrected chi connectivity index (χ4v) is 5.74. The molecule has 0 aliphatic carbocycles. The zero-order valence-electron chi connectivity index (χ0n) is 15.5. The predicted octanol–water partition coefficient (Wildman–Crippen LogP) is 2.31. The zero-order chi connectivity index (χ0) is 20.0. The van der Waals surface area contributed by atoms with Crippen LogP contribution in [0.2, 0.25) is 4.31 Å². The molecule has 1 aliphatic rings. The Labute approximate surface area is 170 Å². The van der Waals surface area contributed by atoms with Crippen molar-refractivity contribution in [2.75, 3.05) is 13.7 Å². The second-order valence-electron chi connectivity index (χ2n) is 6.33. The van der Waals surface area contributed by atoms with Gasteiger partial charge >= 0.3 is 170 Å². The molecule has 0 aromatic heterocycles. The number of carbonyl (C=O) groups excluding carboxylic acids is 3. The molecule has 0 saturated carbocycles. The van der Waals surface area contributed by atoms with E-state index in [1.165, 1.54) is 7.11 Å². The third-order valence-electron chi connectivity index (χ3n) is 4.47. The SMILES string of the molecule is COC(=O)N1CCCC([Se]c2ccccc2)(C(=O)OCc2ccccc2)C1=O. The van der Waals surface area contributed by atoms with Crippen molar-refractivity contribution in [3.05, 3.63) is 66.2 Å². The molecule has 0 spiro atoms. The van der Waals surface area contributed by atoms with Gasteiger partial charge in [0.2, 0.25) is 0 Å². The standard InChI is InChI=1S/C21H21NO5Se/c1-26-20(25)22-14-8-13-21(18(22)23,28-17-11-6-3-7-12-17)19(24)27-15-16-9-4-2-5-10-16/h2-7,9-12H,8,13-15H2,1H3. The molecule has 1 atom stereocenters. The van der Waals surface area contributed by atoms with Gasteiger partial charge in [0.05, 0.1) is 0 Å². The summed E-state index contributed by atoms with van der Waals surface area (Å²) in [6, 6.07) is 18.7. The van der Waals surface area contributed by atoms with Gasteiger partial charge < -0.3 is 0 Å². The summed E-state index contributed by atoms with van der Waals surface area (Å²) in [5, 5.41) is 0. The molecule has 0 radical (unpaired) electrons. The van der Waals surface area contributed by atoms with Gasteiger partial charge in [0, 0.05) is 0 Å². The Hall–Kier alpha value is -2.63. The van der Waals surface area contributed by atoms with Gasteiger partial charge in [-0.05, 0) is 0 Å². The van der Waals surface area contributed by atoms with Crippen LogP contribution >= 0.6 is 0 Å². The first-order chi connectivity index (χ1) is 13.6.